The Balaban J connectivity index is 1.62. The van der Waals surface area contributed by atoms with Crippen molar-refractivity contribution in [3.63, 3.8) is 0 Å². The van der Waals surface area contributed by atoms with Crippen LogP contribution in [0.5, 0.6) is 5.75 Å². The lowest BCUT2D eigenvalue weighted by Gasteiger charge is -2.05. The van der Waals surface area contributed by atoms with Crippen molar-refractivity contribution in [1.82, 2.24) is 5.43 Å². The van der Waals surface area contributed by atoms with Crippen molar-refractivity contribution in [2.75, 3.05) is 0 Å². The molecule has 0 saturated heterocycles. The number of rotatable bonds is 5. The number of carbonyl (C=O) groups excluding carboxylic acids is 2. The molecule has 0 aliphatic carbocycles. The molecule has 0 unspecified atom stereocenters. The largest absolute Gasteiger partial charge is 0.423 e. The number of halogens is 1. The Labute approximate surface area is 161 Å². The van der Waals surface area contributed by atoms with Gasteiger partial charge in [0.25, 0.3) is 5.91 Å². The molecule has 0 aliphatic rings. The van der Waals surface area contributed by atoms with Crippen molar-refractivity contribution in [3.8, 4) is 5.75 Å². The highest BCUT2D eigenvalue weighted by Crippen LogP contribution is 2.16. The summed E-state index contributed by atoms with van der Waals surface area (Å²) in [6.45, 7) is 0. The summed E-state index contributed by atoms with van der Waals surface area (Å²) in [6, 6.07) is 22.0. The second kappa shape index (κ2) is 8.78. The third kappa shape index (κ3) is 5.26. The summed E-state index contributed by atoms with van der Waals surface area (Å²) in [6.07, 6.45) is 1.47. The molecule has 0 atom stereocenters. The lowest BCUT2D eigenvalue weighted by atomic mass is 10.2. The number of benzene rings is 3. The molecule has 0 saturated carbocycles. The van der Waals surface area contributed by atoms with E-state index in [0.717, 1.165) is 0 Å². The van der Waals surface area contributed by atoms with Gasteiger partial charge >= 0.3 is 5.97 Å². The van der Waals surface area contributed by atoms with Crippen LogP contribution in [0.4, 0.5) is 0 Å². The van der Waals surface area contributed by atoms with Crippen molar-refractivity contribution >= 4 is 29.7 Å². The lowest BCUT2D eigenvalue weighted by Crippen LogP contribution is -2.17. The van der Waals surface area contributed by atoms with Gasteiger partial charge in [-0.25, -0.2) is 10.2 Å². The van der Waals surface area contributed by atoms with Gasteiger partial charge in [-0.05, 0) is 54.1 Å². The van der Waals surface area contributed by atoms with E-state index in [9.17, 15) is 9.59 Å². The number of amides is 1. The zero-order valence-corrected chi connectivity index (χ0v) is 14.9. The van der Waals surface area contributed by atoms with Crippen LogP contribution in [0, 0.1) is 0 Å². The quantitative estimate of drug-likeness (QED) is 0.311. The van der Waals surface area contributed by atoms with E-state index in [1.54, 1.807) is 72.8 Å². The Morgan fingerprint density at radius 2 is 1.63 bits per heavy atom. The maximum Gasteiger partial charge on any atom is 0.343 e. The second-order valence-corrected chi connectivity index (χ2v) is 5.97. The molecule has 1 amide bonds. The van der Waals surface area contributed by atoms with E-state index < -0.39 is 5.97 Å². The number of carbonyl (C=O) groups is 2. The molecule has 3 aromatic rings. The lowest BCUT2D eigenvalue weighted by molar-refractivity contribution is 0.0734. The van der Waals surface area contributed by atoms with E-state index >= 15 is 0 Å². The van der Waals surface area contributed by atoms with E-state index in [1.807, 2.05) is 6.07 Å². The minimum absolute atomic E-state index is 0.308. The summed E-state index contributed by atoms with van der Waals surface area (Å²) in [5.74, 6) is -0.427. The van der Waals surface area contributed by atoms with Crippen molar-refractivity contribution < 1.29 is 14.3 Å². The smallest absolute Gasteiger partial charge is 0.343 e. The third-order valence-corrected chi connectivity index (χ3v) is 3.82. The Bertz CT molecular complexity index is 970. The van der Waals surface area contributed by atoms with Crippen molar-refractivity contribution in [3.05, 3.63) is 101 Å². The predicted octanol–water partition coefficient (Wildman–Crippen LogP) is 4.32. The number of ether oxygens (including phenoxy) is 1. The fourth-order valence-corrected chi connectivity index (χ4v) is 2.36. The predicted molar refractivity (Wildman–Crippen MR) is 104 cm³/mol. The minimum atomic E-state index is -0.488. The molecule has 0 aliphatic heterocycles. The number of hydrazone groups is 1. The Hall–Kier alpha value is -3.44. The maximum atomic E-state index is 12.1. The van der Waals surface area contributed by atoms with Crippen LogP contribution in [0.3, 0.4) is 0 Å². The first kappa shape index (κ1) is 18.4. The van der Waals surface area contributed by atoms with Gasteiger partial charge in [0.1, 0.15) is 5.75 Å². The molecule has 27 heavy (non-hydrogen) atoms. The van der Waals surface area contributed by atoms with Gasteiger partial charge in [-0.1, -0.05) is 41.9 Å². The Morgan fingerprint density at radius 3 is 2.37 bits per heavy atom. The van der Waals surface area contributed by atoms with Gasteiger partial charge in [0.05, 0.1) is 11.8 Å². The third-order valence-electron chi connectivity index (χ3n) is 3.56. The number of esters is 1. The summed E-state index contributed by atoms with van der Waals surface area (Å²) in [5.41, 5.74) is 4.03. The van der Waals surface area contributed by atoms with Crippen LogP contribution in [0.15, 0.2) is 84.0 Å². The van der Waals surface area contributed by atoms with Gasteiger partial charge in [0.2, 0.25) is 0 Å². The SMILES string of the molecule is O=C(N/N=C/c1cccc(OC(=O)c2ccc(Cl)cc2)c1)c1ccccc1. The fraction of sp³-hybridized carbons (Fsp3) is 0. The summed E-state index contributed by atoms with van der Waals surface area (Å²) >= 11 is 5.81. The summed E-state index contributed by atoms with van der Waals surface area (Å²) < 4.78 is 5.35. The highest BCUT2D eigenvalue weighted by molar-refractivity contribution is 6.30. The van der Waals surface area contributed by atoms with Crippen LogP contribution in [0.2, 0.25) is 5.02 Å². The molecular weight excluding hydrogens is 364 g/mol. The van der Waals surface area contributed by atoms with Gasteiger partial charge in [0.15, 0.2) is 0 Å². The highest BCUT2D eigenvalue weighted by Gasteiger charge is 2.08. The molecule has 3 aromatic carbocycles. The highest BCUT2D eigenvalue weighted by atomic mass is 35.5. The number of nitrogens with zero attached hydrogens (tertiary/aromatic N) is 1. The van der Waals surface area contributed by atoms with Crippen LogP contribution in [-0.4, -0.2) is 18.1 Å². The van der Waals surface area contributed by atoms with Crippen LogP contribution < -0.4 is 10.2 Å². The van der Waals surface area contributed by atoms with Crippen LogP contribution in [0.25, 0.3) is 0 Å². The van der Waals surface area contributed by atoms with Gasteiger partial charge in [-0.15, -0.1) is 0 Å². The molecule has 0 radical (unpaired) electrons. The molecular formula is C21H15ClN2O3. The van der Waals surface area contributed by atoms with E-state index in [0.29, 0.717) is 27.5 Å². The van der Waals surface area contributed by atoms with Crippen molar-refractivity contribution in [2.45, 2.75) is 0 Å². The van der Waals surface area contributed by atoms with Crippen molar-refractivity contribution in [2.24, 2.45) is 5.10 Å². The van der Waals surface area contributed by atoms with E-state index in [4.69, 9.17) is 16.3 Å². The van der Waals surface area contributed by atoms with Gasteiger partial charge in [-0.2, -0.15) is 5.10 Å². The first-order valence-corrected chi connectivity index (χ1v) is 8.46. The topological polar surface area (TPSA) is 67.8 Å². The molecule has 0 fully saturated rings. The number of hydrogen-bond acceptors (Lipinski definition) is 4. The van der Waals surface area contributed by atoms with Crippen LogP contribution in [-0.2, 0) is 0 Å². The van der Waals surface area contributed by atoms with Crippen LogP contribution in [0.1, 0.15) is 26.3 Å². The molecule has 0 aromatic heterocycles. The van der Waals surface area contributed by atoms with E-state index in [1.165, 1.54) is 6.21 Å². The first-order chi connectivity index (χ1) is 13.1. The van der Waals surface area contributed by atoms with Gasteiger partial charge in [0, 0.05) is 10.6 Å². The molecule has 5 nitrogen and oxygen atoms in total. The molecule has 1 N–H and O–H groups in total. The zero-order chi connectivity index (χ0) is 19.1. The Kier molecular flexibility index (Phi) is 5.97. The van der Waals surface area contributed by atoms with Crippen LogP contribution >= 0.6 is 11.6 Å². The summed E-state index contributed by atoms with van der Waals surface area (Å²) in [4.78, 5) is 24.1. The van der Waals surface area contributed by atoms with E-state index in [-0.39, 0.29) is 5.91 Å². The average Bonchev–Trinajstić information content (AvgIpc) is 2.69. The molecule has 0 bridgehead atoms. The van der Waals surface area contributed by atoms with Crippen molar-refractivity contribution in [1.29, 1.82) is 0 Å². The number of nitrogens with one attached hydrogen (secondary N) is 1. The molecule has 3 rings (SSSR count). The first-order valence-electron chi connectivity index (χ1n) is 8.08. The maximum absolute atomic E-state index is 12.1. The molecule has 0 heterocycles. The fourth-order valence-electron chi connectivity index (χ4n) is 2.23. The molecule has 6 heteroatoms. The minimum Gasteiger partial charge on any atom is -0.423 e. The van der Waals surface area contributed by atoms with Gasteiger partial charge in [-0.3, -0.25) is 4.79 Å². The van der Waals surface area contributed by atoms with E-state index in [2.05, 4.69) is 10.5 Å². The monoisotopic (exact) mass is 378 g/mol. The zero-order valence-electron chi connectivity index (χ0n) is 14.1. The Morgan fingerprint density at radius 1 is 0.889 bits per heavy atom. The summed E-state index contributed by atoms with van der Waals surface area (Å²) in [7, 11) is 0. The average molecular weight is 379 g/mol. The number of hydrogen-bond donors (Lipinski definition) is 1. The second-order valence-electron chi connectivity index (χ2n) is 5.53. The molecule has 134 valence electrons. The molecule has 0 spiro atoms. The summed E-state index contributed by atoms with van der Waals surface area (Å²) in [5, 5.41) is 4.47. The standard InChI is InChI=1S/C21H15ClN2O3/c22-18-11-9-17(10-12-18)21(26)27-19-8-4-5-15(13-19)14-23-24-20(25)16-6-2-1-3-7-16/h1-14H,(H,24,25)/b23-14+. The van der Waals surface area contributed by atoms with Gasteiger partial charge < -0.3 is 4.74 Å². The normalized spacial score (nSPS) is 10.6.